The number of ether oxygens (including phenoxy) is 1. The number of nitriles is 1. The molecule has 0 spiro atoms. The molecule has 0 saturated carbocycles. The predicted octanol–water partition coefficient (Wildman–Crippen LogP) is 3.40. The molecule has 19 heavy (non-hydrogen) atoms. The maximum Gasteiger partial charge on any atom is 0.271 e. The van der Waals surface area contributed by atoms with Crippen LogP contribution in [0.1, 0.15) is 5.56 Å². The fourth-order valence-corrected chi connectivity index (χ4v) is 1.45. The molecule has 0 heterocycles. The third-order valence-corrected chi connectivity index (χ3v) is 2.35. The van der Waals surface area contributed by atoms with E-state index in [1.807, 2.05) is 0 Å². The van der Waals surface area contributed by atoms with Gasteiger partial charge in [-0.2, -0.15) is 5.26 Å². The van der Waals surface area contributed by atoms with Crippen LogP contribution in [0.5, 0.6) is 11.5 Å². The molecule has 0 radical (unpaired) electrons. The van der Waals surface area contributed by atoms with Gasteiger partial charge in [0, 0.05) is 12.1 Å². The zero-order chi connectivity index (χ0) is 13.8. The number of hydrogen-bond donors (Lipinski definition) is 0. The maximum absolute atomic E-state index is 13.4. The van der Waals surface area contributed by atoms with Crippen molar-refractivity contribution in [3.05, 3.63) is 64.0 Å². The lowest BCUT2D eigenvalue weighted by molar-refractivity contribution is -0.384. The second-order valence-corrected chi connectivity index (χ2v) is 3.58. The van der Waals surface area contributed by atoms with Crippen molar-refractivity contribution in [2.24, 2.45) is 0 Å². The number of para-hydroxylation sites is 1. The van der Waals surface area contributed by atoms with Gasteiger partial charge < -0.3 is 4.74 Å². The second-order valence-electron chi connectivity index (χ2n) is 3.58. The zero-order valence-electron chi connectivity index (χ0n) is 9.54. The van der Waals surface area contributed by atoms with Crippen molar-refractivity contribution in [1.82, 2.24) is 0 Å². The summed E-state index contributed by atoms with van der Waals surface area (Å²) in [7, 11) is 0. The topological polar surface area (TPSA) is 76.2 Å². The van der Waals surface area contributed by atoms with E-state index in [1.165, 1.54) is 30.3 Å². The van der Waals surface area contributed by atoms with E-state index in [1.54, 1.807) is 12.1 Å². The summed E-state index contributed by atoms with van der Waals surface area (Å²) in [6, 6.07) is 11.0. The van der Waals surface area contributed by atoms with Crippen molar-refractivity contribution in [3.8, 4) is 17.6 Å². The third kappa shape index (κ3) is 2.66. The van der Waals surface area contributed by atoms with Crippen LogP contribution >= 0.6 is 0 Å². The Hall–Kier alpha value is -2.94. The fraction of sp³-hybridized carbons (Fsp3) is 0. The van der Waals surface area contributed by atoms with Gasteiger partial charge in [-0.25, -0.2) is 4.39 Å². The van der Waals surface area contributed by atoms with Crippen molar-refractivity contribution >= 4 is 5.69 Å². The van der Waals surface area contributed by atoms with Crippen molar-refractivity contribution < 1.29 is 14.1 Å². The Morgan fingerprint density at radius 3 is 2.58 bits per heavy atom. The van der Waals surface area contributed by atoms with Crippen LogP contribution in [0, 0.1) is 27.3 Å². The smallest absolute Gasteiger partial charge is 0.271 e. The van der Waals surface area contributed by atoms with Crippen LogP contribution in [0.15, 0.2) is 42.5 Å². The van der Waals surface area contributed by atoms with Gasteiger partial charge in [-0.3, -0.25) is 10.1 Å². The molecule has 0 aliphatic rings. The minimum Gasteiger partial charge on any atom is -0.453 e. The van der Waals surface area contributed by atoms with Gasteiger partial charge in [-0.15, -0.1) is 0 Å². The Morgan fingerprint density at radius 2 is 1.95 bits per heavy atom. The summed E-state index contributed by atoms with van der Waals surface area (Å²) in [5.74, 6) is -0.559. The molecule has 0 saturated heterocycles. The number of rotatable bonds is 3. The number of nitro benzene ring substituents is 1. The quantitative estimate of drug-likeness (QED) is 0.624. The lowest BCUT2D eigenvalue weighted by Gasteiger charge is -2.07. The van der Waals surface area contributed by atoms with E-state index in [4.69, 9.17) is 10.00 Å². The Morgan fingerprint density at radius 1 is 1.21 bits per heavy atom. The third-order valence-electron chi connectivity index (χ3n) is 2.35. The van der Waals surface area contributed by atoms with Gasteiger partial charge in [-0.05, 0) is 18.2 Å². The number of halogens is 1. The SMILES string of the molecule is N#Cc1cc([N+](=O)[O-])ccc1Oc1ccccc1F. The van der Waals surface area contributed by atoms with E-state index in [2.05, 4.69) is 0 Å². The zero-order valence-corrected chi connectivity index (χ0v) is 9.54. The molecule has 0 bridgehead atoms. The van der Waals surface area contributed by atoms with E-state index in [-0.39, 0.29) is 22.7 Å². The lowest BCUT2D eigenvalue weighted by Crippen LogP contribution is -1.93. The van der Waals surface area contributed by atoms with Gasteiger partial charge in [0.1, 0.15) is 17.4 Å². The molecule has 94 valence electrons. The van der Waals surface area contributed by atoms with Crippen LogP contribution in [-0.4, -0.2) is 4.92 Å². The standard InChI is InChI=1S/C13H7FN2O3/c14-11-3-1-2-4-13(11)19-12-6-5-10(16(17)18)7-9(12)8-15/h1-7H. The van der Waals surface area contributed by atoms with Crippen LogP contribution in [0.2, 0.25) is 0 Å². The summed E-state index contributed by atoms with van der Waals surface area (Å²) in [6.45, 7) is 0. The molecule has 0 aliphatic carbocycles. The van der Waals surface area contributed by atoms with Crippen molar-refractivity contribution in [2.45, 2.75) is 0 Å². The van der Waals surface area contributed by atoms with E-state index in [0.717, 1.165) is 6.07 Å². The molecule has 0 amide bonds. The summed E-state index contributed by atoms with van der Waals surface area (Å²) >= 11 is 0. The average Bonchev–Trinajstić information content (AvgIpc) is 2.41. The van der Waals surface area contributed by atoms with Gasteiger partial charge in [0.2, 0.25) is 0 Å². The molecule has 2 rings (SSSR count). The molecule has 0 unspecified atom stereocenters. The first kappa shape index (κ1) is 12.5. The molecule has 0 atom stereocenters. The minimum atomic E-state index is -0.617. The van der Waals surface area contributed by atoms with Gasteiger partial charge in [0.25, 0.3) is 5.69 Å². The number of nitrogens with zero attached hydrogens (tertiary/aromatic N) is 2. The van der Waals surface area contributed by atoms with Gasteiger partial charge in [0.05, 0.1) is 4.92 Å². The first-order chi connectivity index (χ1) is 9.11. The summed E-state index contributed by atoms with van der Waals surface area (Å²) in [4.78, 5) is 9.97. The Bertz CT molecular complexity index is 680. The van der Waals surface area contributed by atoms with Crippen LogP contribution in [0.3, 0.4) is 0 Å². The molecule has 6 heteroatoms. The number of nitro groups is 1. The Labute approximate surface area is 107 Å². The monoisotopic (exact) mass is 258 g/mol. The van der Waals surface area contributed by atoms with Crippen LogP contribution in [-0.2, 0) is 0 Å². The van der Waals surface area contributed by atoms with Gasteiger partial charge >= 0.3 is 0 Å². The largest absolute Gasteiger partial charge is 0.453 e. The first-order valence-corrected chi connectivity index (χ1v) is 5.22. The molecule has 2 aromatic rings. The highest BCUT2D eigenvalue weighted by Gasteiger charge is 2.13. The highest BCUT2D eigenvalue weighted by molar-refractivity contribution is 5.51. The normalized spacial score (nSPS) is 9.68. The molecule has 0 aromatic heterocycles. The first-order valence-electron chi connectivity index (χ1n) is 5.22. The van der Waals surface area contributed by atoms with Crippen LogP contribution in [0.25, 0.3) is 0 Å². The molecule has 0 N–H and O–H groups in total. The molecule has 0 aliphatic heterocycles. The summed E-state index contributed by atoms with van der Waals surface area (Å²) < 4.78 is 18.6. The Balaban J connectivity index is 2.39. The Kier molecular flexibility index (Phi) is 3.39. The fourth-order valence-electron chi connectivity index (χ4n) is 1.45. The van der Waals surface area contributed by atoms with Crippen molar-refractivity contribution in [2.75, 3.05) is 0 Å². The summed E-state index contributed by atoms with van der Waals surface area (Å²) in [5.41, 5.74) is -0.255. The number of hydrogen-bond acceptors (Lipinski definition) is 4. The average molecular weight is 258 g/mol. The van der Waals surface area contributed by atoms with E-state index in [9.17, 15) is 14.5 Å². The van der Waals surface area contributed by atoms with Crippen LogP contribution in [0.4, 0.5) is 10.1 Å². The molecule has 0 fully saturated rings. The maximum atomic E-state index is 13.4. The lowest BCUT2D eigenvalue weighted by atomic mass is 10.2. The van der Waals surface area contributed by atoms with Crippen molar-refractivity contribution in [3.63, 3.8) is 0 Å². The minimum absolute atomic E-state index is 0.0301. The summed E-state index contributed by atoms with van der Waals surface area (Å²) in [6.07, 6.45) is 0. The molecule has 5 nitrogen and oxygen atoms in total. The number of non-ortho nitro benzene ring substituents is 1. The highest BCUT2D eigenvalue weighted by Crippen LogP contribution is 2.29. The van der Waals surface area contributed by atoms with Crippen LogP contribution < -0.4 is 4.74 Å². The van der Waals surface area contributed by atoms with Gasteiger partial charge in [-0.1, -0.05) is 12.1 Å². The molecule has 2 aromatic carbocycles. The van der Waals surface area contributed by atoms with E-state index >= 15 is 0 Å². The van der Waals surface area contributed by atoms with E-state index < -0.39 is 10.7 Å². The second kappa shape index (κ2) is 5.14. The molecular formula is C13H7FN2O3. The highest BCUT2D eigenvalue weighted by atomic mass is 19.1. The van der Waals surface area contributed by atoms with Gasteiger partial charge in [0.15, 0.2) is 11.6 Å². The predicted molar refractivity (Wildman–Crippen MR) is 64.3 cm³/mol. The molecular weight excluding hydrogens is 251 g/mol. The van der Waals surface area contributed by atoms with Crippen molar-refractivity contribution in [1.29, 1.82) is 5.26 Å². The summed E-state index contributed by atoms with van der Waals surface area (Å²) in [5, 5.41) is 19.5. The van der Waals surface area contributed by atoms with E-state index in [0.29, 0.717) is 0 Å². The number of benzene rings is 2.